The van der Waals surface area contributed by atoms with Crippen LogP contribution in [0.5, 0.6) is 11.5 Å². The van der Waals surface area contributed by atoms with Gasteiger partial charge in [0.1, 0.15) is 11.5 Å². The van der Waals surface area contributed by atoms with Crippen LogP contribution in [0.2, 0.25) is 0 Å². The van der Waals surface area contributed by atoms with Gasteiger partial charge in [0.25, 0.3) is 0 Å². The summed E-state index contributed by atoms with van der Waals surface area (Å²) in [5, 5.41) is 7.16. The number of methoxy groups -OCH3 is 2. The number of hydrogen-bond acceptors (Lipinski definition) is 5. The van der Waals surface area contributed by atoms with Crippen molar-refractivity contribution in [1.29, 1.82) is 0 Å². The molecule has 0 amide bonds. The number of hydrogen-bond donors (Lipinski definition) is 2. The Hall–Kier alpha value is -3.09. The van der Waals surface area contributed by atoms with Gasteiger partial charge in [0.05, 0.1) is 25.6 Å². The first-order valence-corrected chi connectivity index (χ1v) is 11.4. The van der Waals surface area contributed by atoms with E-state index in [1.54, 1.807) is 14.2 Å². The molecule has 2 heterocycles. The van der Waals surface area contributed by atoms with E-state index in [9.17, 15) is 0 Å². The van der Waals surface area contributed by atoms with E-state index in [0.717, 1.165) is 68.7 Å². The molecule has 0 saturated carbocycles. The van der Waals surface area contributed by atoms with Crippen LogP contribution < -0.4 is 29.9 Å². The van der Waals surface area contributed by atoms with E-state index in [2.05, 4.69) is 49.7 Å². The summed E-state index contributed by atoms with van der Waals surface area (Å²) >= 11 is 0. The zero-order valence-electron chi connectivity index (χ0n) is 19.4. The van der Waals surface area contributed by atoms with Crippen LogP contribution in [0.4, 0.5) is 11.4 Å². The fourth-order valence-electron chi connectivity index (χ4n) is 4.73. The molecule has 2 saturated heterocycles. The summed E-state index contributed by atoms with van der Waals surface area (Å²) in [6.45, 7) is 4.93. The Morgan fingerprint density at radius 1 is 0.906 bits per heavy atom. The summed E-state index contributed by atoms with van der Waals surface area (Å²) in [7, 11) is 5.31. The third kappa shape index (κ3) is 5.03. The van der Waals surface area contributed by atoms with Crippen LogP contribution in [-0.2, 0) is 0 Å². The highest BCUT2D eigenvalue weighted by Crippen LogP contribution is 2.32. The smallest absolute Gasteiger partial charge is 0.191 e. The fraction of sp³-hybridized carbons (Fsp3) is 0.480. The van der Waals surface area contributed by atoms with Gasteiger partial charge < -0.3 is 29.9 Å². The van der Waals surface area contributed by atoms with Crippen molar-refractivity contribution in [1.82, 2.24) is 10.6 Å². The molecule has 4 rings (SSSR count). The topological polar surface area (TPSA) is 61.4 Å². The molecule has 2 aromatic carbocycles. The SMILES string of the molecule is CN=C(NCC1CCN(c2ccccc2OC)C1)NC1CCN(c2ccccc2OC)C1. The quantitative estimate of drug-likeness (QED) is 0.513. The first-order chi connectivity index (χ1) is 15.7. The molecule has 2 unspecified atom stereocenters. The third-order valence-corrected chi connectivity index (χ3v) is 6.45. The lowest BCUT2D eigenvalue weighted by Crippen LogP contribution is -2.46. The van der Waals surface area contributed by atoms with Crippen LogP contribution in [0.25, 0.3) is 0 Å². The average Bonchev–Trinajstić information content (AvgIpc) is 3.51. The summed E-state index contributed by atoms with van der Waals surface area (Å²) < 4.78 is 11.1. The minimum absolute atomic E-state index is 0.361. The summed E-state index contributed by atoms with van der Waals surface area (Å²) in [5.74, 6) is 3.33. The summed E-state index contributed by atoms with van der Waals surface area (Å²) in [5.41, 5.74) is 2.34. The van der Waals surface area contributed by atoms with Crippen LogP contribution in [0, 0.1) is 5.92 Å². The molecule has 2 atom stereocenters. The van der Waals surface area contributed by atoms with Crippen LogP contribution in [0.1, 0.15) is 12.8 Å². The molecule has 2 N–H and O–H groups in total. The lowest BCUT2D eigenvalue weighted by Gasteiger charge is -2.23. The van der Waals surface area contributed by atoms with E-state index < -0.39 is 0 Å². The van der Waals surface area contributed by atoms with Gasteiger partial charge in [0, 0.05) is 45.8 Å². The zero-order chi connectivity index (χ0) is 22.3. The fourth-order valence-corrected chi connectivity index (χ4v) is 4.73. The maximum absolute atomic E-state index is 5.54. The number of rotatable bonds is 7. The molecule has 0 spiro atoms. The van der Waals surface area contributed by atoms with Crippen molar-refractivity contribution in [3.8, 4) is 11.5 Å². The van der Waals surface area contributed by atoms with Gasteiger partial charge in [-0.05, 0) is 43.0 Å². The van der Waals surface area contributed by atoms with E-state index in [0.29, 0.717) is 12.0 Å². The number of nitrogens with one attached hydrogen (secondary N) is 2. The minimum atomic E-state index is 0.361. The molecule has 172 valence electrons. The normalized spacial score (nSPS) is 21.0. The van der Waals surface area contributed by atoms with E-state index >= 15 is 0 Å². The molecule has 0 radical (unpaired) electrons. The molecule has 32 heavy (non-hydrogen) atoms. The van der Waals surface area contributed by atoms with Gasteiger partial charge in [-0.1, -0.05) is 24.3 Å². The van der Waals surface area contributed by atoms with E-state index in [-0.39, 0.29) is 0 Å². The van der Waals surface area contributed by atoms with Crippen molar-refractivity contribution in [2.75, 3.05) is 63.8 Å². The van der Waals surface area contributed by atoms with Crippen LogP contribution >= 0.6 is 0 Å². The van der Waals surface area contributed by atoms with Crippen molar-refractivity contribution in [2.45, 2.75) is 18.9 Å². The first-order valence-electron chi connectivity index (χ1n) is 11.4. The predicted octanol–water partition coefficient (Wildman–Crippen LogP) is 2.97. The van der Waals surface area contributed by atoms with Gasteiger partial charge in [-0.25, -0.2) is 0 Å². The Balaban J connectivity index is 1.26. The molecule has 0 aromatic heterocycles. The molecule has 2 fully saturated rings. The monoisotopic (exact) mass is 437 g/mol. The molecule has 0 bridgehead atoms. The Labute approximate surface area is 191 Å². The van der Waals surface area contributed by atoms with Crippen LogP contribution in [-0.4, -0.2) is 66.0 Å². The Morgan fingerprint density at radius 3 is 2.12 bits per heavy atom. The number of guanidine groups is 1. The molecular weight excluding hydrogens is 402 g/mol. The molecular formula is C25H35N5O2. The number of anilines is 2. The van der Waals surface area contributed by atoms with Crippen molar-refractivity contribution in [2.24, 2.45) is 10.9 Å². The second-order valence-electron chi connectivity index (χ2n) is 8.47. The standard InChI is InChI=1S/C25H35N5O2/c1-26-25(28-20-13-15-30(18-20)22-9-5-7-11-24(22)32-3)27-16-19-12-14-29(17-19)21-8-4-6-10-23(21)31-2/h4-11,19-20H,12-18H2,1-3H3,(H2,26,27,28). The third-order valence-electron chi connectivity index (χ3n) is 6.45. The van der Waals surface area contributed by atoms with Gasteiger partial charge in [0.15, 0.2) is 5.96 Å². The second kappa shape index (κ2) is 10.5. The lowest BCUT2D eigenvalue weighted by atomic mass is 10.1. The number of benzene rings is 2. The largest absolute Gasteiger partial charge is 0.495 e. The number of aliphatic imine (C=N–C) groups is 1. The Morgan fingerprint density at radius 2 is 1.50 bits per heavy atom. The van der Waals surface area contributed by atoms with Crippen LogP contribution in [0.3, 0.4) is 0 Å². The minimum Gasteiger partial charge on any atom is -0.495 e. The lowest BCUT2D eigenvalue weighted by molar-refractivity contribution is 0.414. The highest BCUT2D eigenvalue weighted by atomic mass is 16.5. The molecule has 0 aliphatic carbocycles. The van der Waals surface area contributed by atoms with Gasteiger partial charge in [-0.2, -0.15) is 0 Å². The maximum atomic E-state index is 5.54. The molecule has 2 aliphatic rings. The van der Waals surface area contributed by atoms with E-state index in [4.69, 9.17) is 9.47 Å². The number of ether oxygens (including phenoxy) is 2. The van der Waals surface area contributed by atoms with Crippen molar-refractivity contribution in [3.63, 3.8) is 0 Å². The van der Waals surface area contributed by atoms with Crippen LogP contribution in [0.15, 0.2) is 53.5 Å². The molecule has 2 aliphatic heterocycles. The second-order valence-corrected chi connectivity index (χ2v) is 8.47. The Kier molecular flexibility index (Phi) is 7.24. The number of para-hydroxylation sites is 4. The van der Waals surface area contributed by atoms with Gasteiger partial charge in [-0.15, -0.1) is 0 Å². The highest BCUT2D eigenvalue weighted by Gasteiger charge is 2.27. The zero-order valence-corrected chi connectivity index (χ0v) is 19.4. The summed E-state index contributed by atoms with van der Waals surface area (Å²) in [6, 6.07) is 16.8. The molecule has 7 nitrogen and oxygen atoms in total. The van der Waals surface area contributed by atoms with E-state index in [1.165, 1.54) is 5.69 Å². The maximum Gasteiger partial charge on any atom is 0.191 e. The van der Waals surface area contributed by atoms with Gasteiger partial charge >= 0.3 is 0 Å². The van der Waals surface area contributed by atoms with Crippen molar-refractivity contribution in [3.05, 3.63) is 48.5 Å². The van der Waals surface area contributed by atoms with Crippen molar-refractivity contribution < 1.29 is 9.47 Å². The summed E-state index contributed by atoms with van der Waals surface area (Å²) in [6.07, 6.45) is 2.23. The average molecular weight is 438 g/mol. The van der Waals surface area contributed by atoms with Gasteiger partial charge in [-0.3, -0.25) is 4.99 Å². The van der Waals surface area contributed by atoms with Crippen molar-refractivity contribution >= 4 is 17.3 Å². The van der Waals surface area contributed by atoms with E-state index in [1.807, 2.05) is 31.3 Å². The number of nitrogens with zero attached hydrogens (tertiary/aromatic N) is 3. The Bertz CT molecular complexity index is 919. The predicted molar refractivity (Wildman–Crippen MR) is 131 cm³/mol. The molecule has 2 aromatic rings. The molecule has 7 heteroatoms. The summed E-state index contributed by atoms with van der Waals surface area (Å²) in [4.78, 5) is 9.27. The van der Waals surface area contributed by atoms with Gasteiger partial charge in [0.2, 0.25) is 0 Å². The highest BCUT2D eigenvalue weighted by molar-refractivity contribution is 5.80. The first kappa shape index (κ1) is 22.1.